The molecule has 0 fully saturated rings. The predicted octanol–water partition coefficient (Wildman–Crippen LogP) is 6.25. The van der Waals surface area contributed by atoms with E-state index in [9.17, 15) is 9.90 Å². The van der Waals surface area contributed by atoms with Gasteiger partial charge in [0, 0.05) is 30.2 Å². The second-order valence-corrected chi connectivity index (χ2v) is 10.6. The van der Waals surface area contributed by atoms with E-state index in [0.29, 0.717) is 25.4 Å². The van der Waals surface area contributed by atoms with E-state index in [1.54, 1.807) is 0 Å². The topological polar surface area (TPSA) is 58.6 Å². The Labute approximate surface area is 193 Å². The van der Waals surface area contributed by atoms with Gasteiger partial charge >= 0.3 is 0 Å². The Morgan fingerprint density at radius 2 is 1.81 bits per heavy atom. The van der Waals surface area contributed by atoms with E-state index in [2.05, 4.69) is 78.0 Å². The lowest BCUT2D eigenvalue weighted by Crippen LogP contribution is -2.21. The number of hydrogen-bond acceptors (Lipinski definition) is 3. The molecule has 4 heteroatoms. The molecule has 0 saturated carbocycles. The number of aliphatic hydroxyl groups excluding tert-OH is 1. The molecule has 0 spiro atoms. The molecule has 1 unspecified atom stereocenters. The molecule has 174 valence electrons. The lowest BCUT2D eigenvalue weighted by Gasteiger charge is -2.23. The molecule has 2 aromatic carbocycles. The van der Waals surface area contributed by atoms with Gasteiger partial charge in [0.1, 0.15) is 5.75 Å². The van der Waals surface area contributed by atoms with E-state index in [1.807, 2.05) is 0 Å². The standard InChI is InChI=1S/C28H39NO3/c1-17(2)20-10-12-21(13-11-20)23-16-32-27-22(9-8-14-30)18(3)26(19(4)25(23)27)29-24(31)15-28(5,6)7/h10-13,17,23,30H,8-9,14-16H2,1-7H3,(H,29,31). The van der Waals surface area contributed by atoms with Gasteiger partial charge < -0.3 is 15.2 Å². The van der Waals surface area contributed by atoms with Crippen LogP contribution in [0.25, 0.3) is 0 Å². The number of benzene rings is 2. The van der Waals surface area contributed by atoms with Gasteiger partial charge in [-0.25, -0.2) is 0 Å². The van der Waals surface area contributed by atoms with Crippen LogP contribution in [0.1, 0.15) is 92.7 Å². The molecule has 0 radical (unpaired) electrons. The maximum absolute atomic E-state index is 12.8. The summed E-state index contributed by atoms with van der Waals surface area (Å²) < 4.78 is 6.28. The normalized spacial score (nSPS) is 15.6. The van der Waals surface area contributed by atoms with E-state index < -0.39 is 0 Å². The molecule has 1 aliphatic rings. The van der Waals surface area contributed by atoms with Crippen LogP contribution in [0.5, 0.6) is 5.75 Å². The van der Waals surface area contributed by atoms with Crippen molar-refractivity contribution in [2.75, 3.05) is 18.5 Å². The highest BCUT2D eigenvalue weighted by atomic mass is 16.5. The van der Waals surface area contributed by atoms with Crippen molar-refractivity contribution in [3.63, 3.8) is 0 Å². The van der Waals surface area contributed by atoms with E-state index in [-0.39, 0.29) is 23.8 Å². The Morgan fingerprint density at radius 3 is 2.38 bits per heavy atom. The van der Waals surface area contributed by atoms with Gasteiger partial charge in [-0.1, -0.05) is 58.9 Å². The van der Waals surface area contributed by atoms with Gasteiger partial charge in [0.25, 0.3) is 0 Å². The van der Waals surface area contributed by atoms with E-state index in [4.69, 9.17) is 4.74 Å². The SMILES string of the molecule is Cc1c(CCCO)c2c(c(C)c1NC(=O)CC(C)(C)C)C(c1ccc(C(C)C)cc1)CO2. The van der Waals surface area contributed by atoms with E-state index >= 15 is 0 Å². The van der Waals surface area contributed by atoms with Crippen LogP contribution < -0.4 is 10.1 Å². The zero-order chi connectivity index (χ0) is 23.6. The molecule has 3 rings (SSSR count). The molecule has 0 aromatic heterocycles. The van der Waals surface area contributed by atoms with Crippen molar-refractivity contribution in [3.05, 3.63) is 57.6 Å². The number of nitrogens with one attached hydrogen (secondary N) is 1. The van der Waals surface area contributed by atoms with Crippen LogP contribution in [0, 0.1) is 19.3 Å². The average Bonchev–Trinajstić information content (AvgIpc) is 3.15. The molecule has 32 heavy (non-hydrogen) atoms. The van der Waals surface area contributed by atoms with Crippen LogP contribution in [0.2, 0.25) is 0 Å². The van der Waals surface area contributed by atoms with Crippen LogP contribution in [0.4, 0.5) is 5.69 Å². The molecule has 2 N–H and O–H groups in total. The number of carbonyl (C=O) groups excluding carboxylic acids is 1. The van der Waals surface area contributed by atoms with Crippen molar-refractivity contribution in [2.24, 2.45) is 5.41 Å². The van der Waals surface area contributed by atoms with E-state index in [1.165, 1.54) is 16.7 Å². The Hall–Kier alpha value is -2.33. The number of hydrogen-bond donors (Lipinski definition) is 2. The number of fused-ring (bicyclic) bond motifs is 1. The molecular weight excluding hydrogens is 398 g/mol. The van der Waals surface area contributed by atoms with Crippen LogP contribution in [0.3, 0.4) is 0 Å². The number of carbonyl (C=O) groups is 1. The number of ether oxygens (including phenoxy) is 1. The first-order chi connectivity index (χ1) is 15.0. The van der Waals surface area contributed by atoms with Crippen molar-refractivity contribution >= 4 is 11.6 Å². The third kappa shape index (κ3) is 5.17. The van der Waals surface area contributed by atoms with Crippen LogP contribution in [-0.4, -0.2) is 24.2 Å². The lowest BCUT2D eigenvalue weighted by atomic mass is 9.84. The van der Waals surface area contributed by atoms with E-state index in [0.717, 1.165) is 34.5 Å². The Kier molecular flexibility index (Phi) is 7.34. The number of amides is 1. The highest BCUT2D eigenvalue weighted by Gasteiger charge is 2.33. The molecule has 0 saturated heterocycles. The molecule has 0 bridgehead atoms. The largest absolute Gasteiger partial charge is 0.492 e. The molecule has 2 aromatic rings. The minimum absolute atomic E-state index is 0.0357. The summed E-state index contributed by atoms with van der Waals surface area (Å²) in [5.74, 6) is 1.61. The summed E-state index contributed by atoms with van der Waals surface area (Å²) >= 11 is 0. The summed E-state index contributed by atoms with van der Waals surface area (Å²) in [7, 11) is 0. The predicted molar refractivity (Wildman–Crippen MR) is 132 cm³/mol. The van der Waals surface area contributed by atoms with Crippen LogP contribution >= 0.6 is 0 Å². The third-order valence-electron chi connectivity index (χ3n) is 6.41. The fourth-order valence-corrected chi connectivity index (χ4v) is 4.69. The monoisotopic (exact) mass is 437 g/mol. The first-order valence-electron chi connectivity index (χ1n) is 11.8. The molecule has 1 aliphatic heterocycles. The van der Waals surface area contributed by atoms with Gasteiger partial charge in [0.2, 0.25) is 5.91 Å². The molecular formula is C28H39NO3. The Bertz CT molecular complexity index is 968. The van der Waals surface area contributed by atoms with Crippen molar-refractivity contribution in [1.29, 1.82) is 0 Å². The van der Waals surface area contributed by atoms with Gasteiger partial charge in [-0.05, 0) is 65.8 Å². The third-order valence-corrected chi connectivity index (χ3v) is 6.41. The molecule has 4 nitrogen and oxygen atoms in total. The van der Waals surface area contributed by atoms with Gasteiger partial charge in [0.15, 0.2) is 0 Å². The highest BCUT2D eigenvalue weighted by molar-refractivity contribution is 5.93. The van der Waals surface area contributed by atoms with Crippen molar-refractivity contribution < 1.29 is 14.6 Å². The van der Waals surface area contributed by atoms with Gasteiger partial charge in [-0.3, -0.25) is 4.79 Å². The molecule has 1 atom stereocenters. The Balaban J connectivity index is 2.07. The number of rotatable bonds is 7. The first-order valence-corrected chi connectivity index (χ1v) is 11.8. The Morgan fingerprint density at radius 1 is 1.16 bits per heavy atom. The van der Waals surface area contributed by atoms with Crippen LogP contribution in [-0.2, 0) is 11.2 Å². The maximum atomic E-state index is 12.8. The minimum Gasteiger partial charge on any atom is -0.492 e. The fourth-order valence-electron chi connectivity index (χ4n) is 4.69. The second kappa shape index (κ2) is 9.66. The van der Waals surface area contributed by atoms with Crippen LogP contribution in [0.15, 0.2) is 24.3 Å². The summed E-state index contributed by atoms with van der Waals surface area (Å²) in [4.78, 5) is 12.8. The number of aliphatic hydroxyl groups is 1. The smallest absolute Gasteiger partial charge is 0.224 e. The minimum atomic E-state index is -0.0772. The second-order valence-electron chi connectivity index (χ2n) is 10.6. The summed E-state index contributed by atoms with van der Waals surface area (Å²) in [6, 6.07) is 8.84. The van der Waals surface area contributed by atoms with Gasteiger partial charge in [-0.2, -0.15) is 0 Å². The lowest BCUT2D eigenvalue weighted by molar-refractivity contribution is -0.117. The summed E-state index contributed by atoms with van der Waals surface area (Å²) in [5, 5.41) is 12.7. The van der Waals surface area contributed by atoms with Crippen molar-refractivity contribution in [3.8, 4) is 5.75 Å². The van der Waals surface area contributed by atoms with Gasteiger partial charge in [-0.15, -0.1) is 0 Å². The zero-order valence-corrected chi connectivity index (χ0v) is 20.8. The zero-order valence-electron chi connectivity index (χ0n) is 20.8. The van der Waals surface area contributed by atoms with Crippen molar-refractivity contribution in [1.82, 2.24) is 0 Å². The van der Waals surface area contributed by atoms with Gasteiger partial charge in [0.05, 0.1) is 6.61 Å². The summed E-state index contributed by atoms with van der Waals surface area (Å²) in [6.07, 6.45) is 1.86. The summed E-state index contributed by atoms with van der Waals surface area (Å²) in [5.41, 5.74) is 7.80. The number of anilines is 1. The average molecular weight is 438 g/mol. The summed E-state index contributed by atoms with van der Waals surface area (Å²) in [6.45, 7) is 15.5. The fraction of sp³-hybridized carbons (Fsp3) is 0.536. The molecule has 1 heterocycles. The maximum Gasteiger partial charge on any atom is 0.224 e. The molecule has 1 amide bonds. The quantitative estimate of drug-likeness (QED) is 0.538. The molecule has 0 aliphatic carbocycles. The van der Waals surface area contributed by atoms with Crippen molar-refractivity contribution in [2.45, 2.75) is 79.6 Å². The highest BCUT2D eigenvalue weighted by Crippen LogP contribution is 2.47. The first kappa shape index (κ1) is 24.3.